The maximum atomic E-state index is 13.0. The Balaban J connectivity index is 1.19. The number of carbonyl (C=O) groups excluding carboxylic acids is 1. The fourth-order valence-corrected chi connectivity index (χ4v) is 6.00. The smallest absolute Gasteiger partial charge is 0.339 e. The fourth-order valence-electron chi connectivity index (χ4n) is 4.98. The Morgan fingerprint density at radius 3 is 2.75 bits per heavy atom. The monoisotopic (exact) mass is 445 g/mol. The van der Waals surface area contributed by atoms with Crippen LogP contribution in [0.4, 0.5) is 0 Å². The molecule has 4 aromatic rings. The van der Waals surface area contributed by atoms with Crippen molar-refractivity contribution in [3.8, 4) is 11.4 Å². The Hall–Kier alpha value is -2.87. The fraction of sp³-hybridized carbons (Fsp3) is 0.320. The van der Waals surface area contributed by atoms with E-state index in [1.54, 1.807) is 11.3 Å². The van der Waals surface area contributed by atoms with Crippen LogP contribution in [0, 0.1) is 5.92 Å². The van der Waals surface area contributed by atoms with Crippen LogP contribution in [0.5, 0.6) is 0 Å². The highest BCUT2D eigenvalue weighted by atomic mass is 32.1. The zero-order valence-electron chi connectivity index (χ0n) is 17.7. The molecule has 1 amide bonds. The molecule has 2 aromatic carbocycles. The van der Waals surface area contributed by atoms with E-state index < -0.39 is 0 Å². The third-order valence-electron chi connectivity index (χ3n) is 6.76. The maximum Gasteiger partial charge on any atom is 0.352 e. The number of nitrogens with zero attached hydrogens (tertiary/aromatic N) is 3. The van der Waals surface area contributed by atoms with Crippen molar-refractivity contribution in [3.63, 3.8) is 0 Å². The summed E-state index contributed by atoms with van der Waals surface area (Å²) in [5.41, 5.74) is 2.04. The van der Waals surface area contributed by atoms with E-state index in [-0.39, 0.29) is 5.91 Å². The lowest BCUT2D eigenvalue weighted by Crippen LogP contribution is -2.97. The SMILES string of the molecule is O=C([NH2+][C@H]1CN2CCC1CC2)c1cc2ccc(-c3noc(Cc4ccccc4)n3)cc2s1. The summed E-state index contributed by atoms with van der Waals surface area (Å²) in [6.07, 6.45) is 3.06. The van der Waals surface area contributed by atoms with Gasteiger partial charge in [0.2, 0.25) is 11.7 Å². The number of primary amides is 1. The van der Waals surface area contributed by atoms with E-state index in [0.29, 0.717) is 30.1 Å². The summed E-state index contributed by atoms with van der Waals surface area (Å²) in [6, 6.07) is 18.6. The van der Waals surface area contributed by atoms with Crippen LogP contribution in [0.1, 0.15) is 34.0 Å². The summed E-state index contributed by atoms with van der Waals surface area (Å²) in [7, 11) is 0. The topological polar surface area (TPSA) is 75.8 Å². The Morgan fingerprint density at radius 2 is 1.97 bits per heavy atom. The average Bonchev–Trinajstić information content (AvgIpc) is 3.47. The first-order valence-corrected chi connectivity index (χ1v) is 12.0. The number of quaternary nitrogens is 1. The molecule has 6 nitrogen and oxygen atoms in total. The first-order chi connectivity index (χ1) is 15.7. The van der Waals surface area contributed by atoms with Gasteiger partial charge >= 0.3 is 5.91 Å². The van der Waals surface area contributed by atoms with Crippen molar-refractivity contribution in [3.05, 3.63) is 70.9 Å². The van der Waals surface area contributed by atoms with Crippen molar-refractivity contribution < 1.29 is 14.6 Å². The lowest BCUT2D eigenvalue weighted by atomic mass is 9.84. The van der Waals surface area contributed by atoms with Gasteiger partial charge in [-0.1, -0.05) is 47.6 Å². The minimum atomic E-state index is 0.163. The van der Waals surface area contributed by atoms with Gasteiger partial charge in [0.25, 0.3) is 0 Å². The number of nitrogens with two attached hydrogens (primary N) is 1. The van der Waals surface area contributed by atoms with Crippen LogP contribution >= 0.6 is 11.3 Å². The molecule has 7 heteroatoms. The van der Waals surface area contributed by atoms with E-state index >= 15 is 0 Å². The molecule has 3 saturated heterocycles. The molecule has 3 aliphatic rings. The van der Waals surface area contributed by atoms with Gasteiger partial charge in [-0.2, -0.15) is 4.98 Å². The molecule has 2 N–H and O–H groups in total. The summed E-state index contributed by atoms with van der Waals surface area (Å²) in [5.74, 6) is 2.02. The van der Waals surface area contributed by atoms with Gasteiger partial charge in [-0.05, 0) is 49.0 Å². The van der Waals surface area contributed by atoms with Crippen LogP contribution in [-0.4, -0.2) is 46.6 Å². The second-order valence-corrected chi connectivity index (χ2v) is 9.95. The Bertz CT molecular complexity index is 1260. The molecule has 3 aliphatic heterocycles. The van der Waals surface area contributed by atoms with Crippen molar-refractivity contribution >= 4 is 27.3 Å². The van der Waals surface area contributed by atoms with Crippen molar-refractivity contribution in [2.24, 2.45) is 5.92 Å². The number of amides is 1. The van der Waals surface area contributed by atoms with E-state index in [2.05, 4.69) is 21.1 Å². The predicted octanol–water partition coefficient (Wildman–Crippen LogP) is 3.34. The largest absolute Gasteiger partial charge is 0.352 e. The second kappa shape index (κ2) is 8.24. The van der Waals surface area contributed by atoms with E-state index in [1.165, 1.54) is 25.9 Å². The van der Waals surface area contributed by atoms with E-state index in [1.807, 2.05) is 53.8 Å². The molecule has 162 valence electrons. The molecule has 2 bridgehead atoms. The Labute approximate surface area is 190 Å². The molecule has 7 rings (SSSR count). The van der Waals surface area contributed by atoms with Crippen LogP contribution in [-0.2, 0) is 6.42 Å². The molecular formula is C25H25N4O2S+. The summed E-state index contributed by atoms with van der Waals surface area (Å²) < 4.78 is 6.54. The molecular weight excluding hydrogens is 420 g/mol. The van der Waals surface area contributed by atoms with Gasteiger partial charge in [0, 0.05) is 16.2 Å². The minimum absolute atomic E-state index is 0.163. The molecule has 0 spiro atoms. The zero-order chi connectivity index (χ0) is 21.5. The van der Waals surface area contributed by atoms with Gasteiger partial charge in [0.15, 0.2) is 0 Å². The molecule has 2 aromatic heterocycles. The van der Waals surface area contributed by atoms with E-state index in [9.17, 15) is 4.79 Å². The number of piperidine rings is 3. The number of rotatable bonds is 5. The minimum Gasteiger partial charge on any atom is -0.339 e. The summed E-state index contributed by atoms with van der Waals surface area (Å²) in [6.45, 7) is 3.42. The summed E-state index contributed by atoms with van der Waals surface area (Å²) >= 11 is 1.55. The molecule has 1 atom stereocenters. The summed E-state index contributed by atoms with van der Waals surface area (Å²) in [4.78, 5) is 20.9. The highest BCUT2D eigenvalue weighted by Gasteiger charge is 2.38. The Morgan fingerprint density at radius 1 is 1.12 bits per heavy atom. The number of hydrogen-bond acceptors (Lipinski definition) is 6. The van der Waals surface area contributed by atoms with Gasteiger partial charge in [-0.25, -0.2) is 4.79 Å². The van der Waals surface area contributed by atoms with E-state index in [0.717, 1.165) is 32.6 Å². The van der Waals surface area contributed by atoms with Crippen LogP contribution in [0.2, 0.25) is 0 Å². The standard InChI is InChI=1S/C25H24N4O2S/c30-25(26-20-15-29-10-8-17(20)9-11-29)22-13-18-6-7-19(14-21(18)32-22)24-27-23(31-28-24)12-16-4-2-1-3-5-16/h1-7,13-14,17,20H,8-12,15H2,(H,26,30)/p+1/t20-/m0/s1. The van der Waals surface area contributed by atoms with Gasteiger partial charge in [-0.3, -0.25) is 10.2 Å². The maximum absolute atomic E-state index is 13.0. The first-order valence-electron chi connectivity index (χ1n) is 11.2. The number of carbonyl (C=O) groups is 1. The van der Waals surface area contributed by atoms with Crippen LogP contribution in [0.25, 0.3) is 21.5 Å². The lowest BCUT2D eigenvalue weighted by molar-refractivity contribution is -0.608. The normalized spacial score (nSPS) is 22.4. The van der Waals surface area contributed by atoms with Crippen molar-refractivity contribution in [2.75, 3.05) is 19.6 Å². The van der Waals surface area contributed by atoms with E-state index in [4.69, 9.17) is 4.52 Å². The molecule has 5 heterocycles. The number of thiophene rings is 1. The highest BCUT2D eigenvalue weighted by molar-refractivity contribution is 7.20. The van der Waals surface area contributed by atoms with Crippen LogP contribution < -0.4 is 5.32 Å². The average molecular weight is 446 g/mol. The van der Waals surface area contributed by atoms with Gasteiger partial charge in [0.05, 0.1) is 13.0 Å². The van der Waals surface area contributed by atoms with Gasteiger partial charge in [-0.15, -0.1) is 11.3 Å². The molecule has 0 radical (unpaired) electrons. The molecule has 0 unspecified atom stereocenters. The Kier molecular flexibility index (Phi) is 5.09. The number of aromatic nitrogens is 2. The molecule has 3 fully saturated rings. The van der Waals surface area contributed by atoms with Crippen molar-refractivity contribution in [1.82, 2.24) is 15.0 Å². The first kappa shape index (κ1) is 19.8. The van der Waals surface area contributed by atoms with Crippen molar-refractivity contribution in [1.29, 1.82) is 0 Å². The second-order valence-electron chi connectivity index (χ2n) is 8.87. The van der Waals surface area contributed by atoms with Crippen molar-refractivity contribution in [2.45, 2.75) is 25.3 Å². The lowest BCUT2D eigenvalue weighted by Gasteiger charge is -2.42. The van der Waals surface area contributed by atoms with Crippen LogP contribution in [0.15, 0.2) is 59.1 Å². The number of hydrogen-bond donors (Lipinski definition) is 1. The number of benzene rings is 2. The zero-order valence-corrected chi connectivity index (χ0v) is 18.6. The third-order valence-corrected chi connectivity index (χ3v) is 7.87. The third kappa shape index (κ3) is 3.88. The van der Waals surface area contributed by atoms with Crippen LogP contribution in [0.3, 0.4) is 0 Å². The quantitative estimate of drug-likeness (QED) is 0.510. The molecule has 0 aliphatic carbocycles. The molecule has 0 saturated carbocycles. The number of fused-ring (bicyclic) bond motifs is 4. The van der Waals surface area contributed by atoms with Gasteiger partial charge in [0.1, 0.15) is 10.9 Å². The molecule has 32 heavy (non-hydrogen) atoms. The van der Waals surface area contributed by atoms with Gasteiger partial charge < -0.3 is 4.52 Å². The predicted molar refractivity (Wildman–Crippen MR) is 124 cm³/mol. The highest BCUT2D eigenvalue weighted by Crippen LogP contribution is 2.30. The summed E-state index contributed by atoms with van der Waals surface area (Å²) in [5, 5.41) is 7.24.